The van der Waals surface area contributed by atoms with Crippen molar-refractivity contribution in [1.29, 1.82) is 21.0 Å². The van der Waals surface area contributed by atoms with Crippen molar-refractivity contribution in [2.75, 3.05) is 0 Å². The molecule has 0 saturated heterocycles. The third kappa shape index (κ3) is 3.32. The van der Waals surface area contributed by atoms with Crippen LogP contribution in [0.4, 0.5) is 0 Å². The van der Waals surface area contributed by atoms with Crippen LogP contribution >= 0.6 is 0 Å². The zero-order valence-corrected chi connectivity index (χ0v) is 12.5. The Bertz CT molecular complexity index is 636. The molecule has 0 fully saturated rings. The van der Waals surface area contributed by atoms with Gasteiger partial charge in [0, 0.05) is 0 Å². The van der Waals surface area contributed by atoms with E-state index in [1.165, 1.54) is 24.3 Å². The summed E-state index contributed by atoms with van der Waals surface area (Å²) < 4.78 is 0. The van der Waals surface area contributed by atoms with Gasteiger partial charge in [-0.15, -0.1) is 0 Å². The number of hydrogen-bond acceptors (Lipinski definition) is 10. The number of allylic oxidation sites excluding steroid dienone is 2. The van der Waals surface area contributed by atoms with Crippen LogP contribution in [0.1, 0.15) is 0 Å². The van der Waals surface area contributed by atoms with E-state index in [4.69, 9.17) is 21.0 Å². The normalized spacial score (nSPS) is 11.3. The van der Waals surface area contributed by atoms with E-state index in [-0.39, 0.29) is 0 Å². The van der Waals surface area contributed by atoms with E-state index in [1.54, 1.807) is 0 Å². The van der Waals surface area contributed by atoms with Gasteiger partial charge in [0.05, 0.1) is 0 Å². The summed E-state index contributed by atoms with van der Waals surface area (Å²) in [7, 11) is 0. The molecule has 0 amide bonds. The van der Waals surface area contributed by atoms with E-state index in [1.807, 2.05) is 0 Å². The second-order valence-corrected chi connectivity index (χ2v) is 13.0. The number of nitriles is 4. The van der Waals surface area contributed by atoms with Crippen LogP contribution in [-0.2, 0) is 40.5 Å². The minimum atomic E-state index is -6.48. The minimum absolute atomic E-state index is 0.406. The van der Waals surface area contributed by atoms with E-state index in [9.17, 15) is 28.8 Å². The number of hydrogen-bond donors (Lipinski definition) is 0. The first-order valence-corrected chi connectivity index (χ1v) is 9.95. The molecule has 0 aliphatic heterocycles. The molecule has 0 bridgehead atoms. The number of nitrogens with zero attached hydrogens (tertiary/aromatic N) is 4. The van der Waals surface area contributed by atoms with E-state index in [0.717, 1.165) is 0 Å². The van der Waals surface area contributed by atoms with Crippen LogP contribution in [0.2, 0.25) is 0 Å². The standard InChI is InChI=1S/C6N4.6CHO.V/c7-1-5(2-8)6(3-9)4-10;6*1-2;/h;6*1H;. The third-order valence-electron chi connectivity index (χ3n) is 2.52. The Morgan fingerprint density at radius 2 is 0.696 bits per heavy atom. The molecule has 0 aliphatic rings. The maximum atomic E-state index is 10.5. The van der Waals surface area contributed by atoms with Gasteiger partial charge in [0.1, 0.15) is 24.3 Å². The van der Waals surface area contributed by atoms with Gasteiger partial charge in [-0.1, -0.05) is 0 Å². The number of rotatable bonds is 6. The molecule has 0 aromatic rings. The Balaban J connectivity index is 0. The van der Waals surface area contributed by atoms with Gasteiger partial charge in [-0.2, -0.15) is 21.0 Å². The molecule has 0 heterocycles. The fourth-order valence-electron chi connectivity index (χ4n) is 0.646. The SMILES string of the molecule is N#CC(C#N)=C(C#N)C#N.O=[CH][V]([CH]=O)([CH]=O)([CH]=O)([CH]=O)[CH]=O. The van der Waals surface area contributed by atoms with E-state index in [0.29, 0.717) is 0 Å². The van der Waals surface area contributed by atoms with E-state index >= 15 is 0 Å². The van der Waals surface area contributed by atoms with Crippen molar-refractivity contribution in [3.05, 3.63) is 11.1 Å². The van der Waals surface area contributed by atoms with Crippen LogP contribution in [0, 0.1) is 45.3 Å². The zero-order valence-electron chi connectivity index (χ0n) is 11.1. The molecule has 115 valence electrons. The first-order chi connectivity index (χ1) is 10.8. The van der Waals surface area contributed by atoms with Crippen molar-refractivity contribution in [3.63, 3.8) is 0 Å². The van der Waals surface area contributed by atoms with Gasteiger partial charge in [0.2, 0.25) is 0 Å². The molecular weight excluding hydrogens is 347 g/mol. The molecule has 0 aromatic carbocycles. The summed E-state index contributed by atoms with van der Waals surface area (Å²) in [5.74, 6) is 0. The third-order valence-corrected chi connectivity index (χ3v) is 8.22. The van der Waals surface area contributed by atoms with Crippen molar-refractivity contribution in [2.45, 2.75) is 0 Å². The Morgan fingerprint density at radius 3 is 0.739 bits per heavy atom. The topological polar surface area (TPSA) is 198 Å². The van der Waals surface area contributed by atoms with Gasteiger partial charge in [0.15, 0.2) is 11.1 Å². The molecule has 0 spiro atoms. The quantitative estimate of drug-likeness (QED) is 0.409. The predicted molar refractivity (Wildman–Crippen MR) is 70.0 cm³/mol. The monoisotopic (exact) mass is 353 g/mol. The van der Waals surface area contributed by atoms with Gasteiger partial charge in [-0.25, -0.2) is 0 Å². The Labute approximate surface area is 127 Å². The second-order valence-electron chi connectivity index (χ2n) is 4.07. The maximum absolute atomic E-state index is 10.5. The fourth-order valence-corrected chi connectivity index (χ4v) is 1.81. The molecule has 11 heteroatoms. The number of carbonyl (C=O) groups excluding carboxylic acids is 6. The van der Waals surface area contributed by atoms with Crippen molar-refractivity contribution < 1.29 is 40.5 Å². The summed E-state index contributed by atoms with van der Waals surface area (Å²) in [5.41, 5.74) is -0.880. The summed E-state index contributed by atoms with van der Waals surface area (Å²) in [5, 5.41) is 32.5. The van der Waals surface area contributed by atoms with Gasteiger partial charge in [-0.3, -0.25) is 0 Å². The summed E-state index contributed by atoms with van der Waals surface area (Å²) in [6.07, 6.45) is 0. The summed E-state index contributed by atoms with van der Waals surface area (Å²) in [4.78, 5) is 60.9. The van der Waals surface area contributed by atoms with Crippen molar-refractivity contribution in [3.8, 4) is 24.3 Å². The van der Waals surface area contributed by atoms with Crippen LogP contribution in [-0.4, -0.2) is 30.0 Å². The van der Waals surface area contributed by atoms with Gasteiger partial charge >= 0.3 is 70.5 Å². The molecule has 0 N–H and O–H groups in total. The number of carbonyl (C=O) groups is 6. The molecule has 0 aliphatic carbocycles. The average molecular weight is 353 g/mol. The van der Waals surface area contributed by atoms with Gasteiger partial charge < -0.3 is 0 Å². The van der Waals surface area contributed by atoms with Crippen molar-refractivity contribution in [2.24, 2.45) is 0 Å². The second kappa shape index (κ2) is 7.35. The van der Waals surface area contributed by atoms with Crippen molar-refractivity contribution >= 4 is 30.0 Å². The van der Waals surface area contributed by atoms with Crippen LogP contribution in [0.15, 0.2) is 11.1 Å². The van der Waals surface area contributed by atoms with Crippen LogP contribution in [0.25, 0.3) is 0 Å². The molecular formula is C12H6N4O6V. The molecule has 0 atom stereocenters. The zero-order chi connectivity index (χ0) is 18.6. The van der Waals surface area contributed by atoms with E-state index < -0.39 is 52.9 Å². The van der Waals surface area contributed by atoms with Crippen LogP contribution < -0.4 is 0 Å². The molecule has 0 radical (unpaired) electrons. The Kier molecular flexibility index (Phi) is 6.90. The Hall–Kier alpha value is -3.70. The average Bonchev–Trinajstić information content (AvgIpc) is 2.65. The summed E-state index contributed by atoms with van der Waals surface area (Å²) >= 11 is -6.48. The van der Waals surface area contributed by atoms with Crippen molar-refractivity contribution in [1.82, 2.24) is 0 Å². The predicted octanol–water partition coefficient (Wildman–Crippen LogP) is -1.27. The molecule has 0 rings (SSSR count). The molecule has 0 saturated carbocycles. The molecule has 23 heavy (non-hydrogen) atoms. The molecule has 0 aromatic heterocycles. The van der Waals surface area contributed by atoms with Gasteiger partial charge in [0.25, 0.3) is 0 Å². The summed E-state index contributed by atoms with van der Waals surface area (Å²) in [6, 6.07) is 5.71. The summed E-state index contributed by atoms with van der Waals surface area (Å²) in [6.45, 7) is 0. The molecule has 10 nitrogen and oxygen atoms in total. The van der Waals surface area contributed by atoms with E-state index in [2.05, 4.69) is 0 Å². The fraction of sp³-hybridized carbons (Fsp3) is 0. The first-order valence-electron chi connectivity index (χ1n) is 5.11. The molecule has 0 unspecified atom stereocenters. The van der Waals surface area contributed by atoms with Gasteiger partial charge in [-0.05, 0) is 0 Å². The van der Waals surface area contributed by atoms with Crippen LogP contribution in [0.3, 0.4) is 0 Å². The van der Waals surface area contributed by atoms with Crippen LogP contribution in [0.5, 0.6) is 0 Å². The first kappa shape index (κ1) is 21.6. The Morgan fingerprint density at radius 1 is 0.522 bits per heavy atom.